The standard InChI is InChI=1S/C13H19NO3S/c1-10(16)13-4-11(9-18-13)5-14-2-3-17-8-12(6-14)7-15/h4,9,12,15H,2-3,5-8H2,1H3. The van der Waals surface area contributed by atoms with Gasteiger partial charge in [-0.3, -0.25) is 9.69 Å². The third kappa shape index (κ3) is 3.62. The van der Waals surface area contributed by atoms with Crippen LogP contribution < -0.4 is 0 Å². The minimum atomic E-state index is 0.124. The number of aliphatic hydroxyl groups excluding tert-OH is 1. The molecule has 1 aliphatic rings. The molecule has 2 rings (SSSR count). The Balaban J connectivity index is 1.96. The molecular formula is C13H19NO3S. The summed E-state index contributed by atoms with van der Waals surface area (Å²) in [5, 5.41) is 11.3. The van der Waals surface area contributed by atoms with E-state index in [0.29, 0.717) is 13.2 Å². The number of nitrogens with zero attached hydrogens (tertiary/aromatic N) is 1. The van der Waals surface area contributed by atoms with Crippen LogP contribution in [0.25, 0.3) is 0 Å². The lowest BCUT2D eigenvalue weighted by Gasteiger charge is -2.21. The van der Waals surface area contributed by atoms with Crippen LogP contribution in [-0.2, 0) is 11.3 Å². The van der Waals surface area contributed by atoms with Crippen LogP contribution in [0.4, 0.5) is 0 Å². The average molecular weight is 269 g/mol. The van der Waals surface area contributed by atoms with E-state index in [9.17, 15) is 9.90 Å². The van der Waals surface area contributed by atoms with Gasteiger partial charge in [-0.25, -0.2) is 0 Å². The number of hydrogen-bond acceptors (Lipinski definition) is 5. The van der Waals surface area contributed by atoms with Gasteiger partial charge in [-0.2, -0.15) is 0 Å². The predicted molar refractivity (Wildman–Crippen MR) is 71.0 cm³/mol. The molecule has 4 nitrogen and oxygen atoms in total. The van der Waals surface area contributed by atoms with Gasteiger partial charge in [0.1, 0.15) is 0 Å². The van der Waals surface area contributed by atoms with Gasteiger partial charge in [0.15, 0.2) is 5.78 Å². The highest BCUT2D eigenvalue weighted by Crippen LogP contribution is 2.18. The molecule has 1 saturated heterocycles. The zero-order valence-corrected chi connectivity index (χ0v) is 11.4. The predicted octanol–water partition coefficient (Wildman–Crippen LogP) is 1.39. The Morgan fingerprint density at radius 3 is 3.17 bits per heavy atom. The molecule has 0 aliphatic carbocycles. The molecule has 1 aromatic heterocycles. The van der Waals surface area contributed by atoms with Gasteiger partial charge in [-0.05, 0) is 23.9 Å². The Kier molecular flexibility index (Phi) is 4.88. The summed E-state index contributed by atoms with van der Waals surface area (Å²) in [5.74, 6) is 0.317. The topological polar surface area (TPSA) is 49.8 Å². The molecule has 0 amide bonds. The van der Waals surface area contributed by atoms with E-state index in [2.05, 4.69) is 4.90 Å². The number of carbonyl (C=O) groups excluding carboxylic acids is 1. The first-order valence-electron chi connectivity index (χ1n) is 6.18. The minimum absolute atomic E-state index is 0.124. The van der Waals surface area contributed by atoms with E-state index >= 15 is 0 Å². The SMILES string of the molecule is CC(=O)c1cc(CN2CCOCC(CO)C2)cs1. The first-order valence-corrected chi connectivity index (χ1v) is 7.06. The molecule has 1 aliphatic heterocycles. The summed E-state index contributed by atoms with van der Waals surface area (Å²) in [6.07, 6.45) is 0. The molecule has 18 heavy (non-hydrogen) atoms. The maximum atomic E-state index is 11.2. The second kappa shape index (κ2) is 6.43. The highest BCUT2D eigenvalue weighted by atomic mass is 32.1. The van der Waals surface area contributed by atoms with Crippen LogP contribution in [0.15, 0.2) is 11.4 Å². The van der Waals surface area contributed by atoms with Gasteiger partial charge in [0.05, 0.1) is 18.1 Å². The minimum Gasteiger partial charge on any atom is -0.396 e. The second-order valence-electron chi connectivity index (χ2n) is 4.73. The molecule has 0 saturated carbocycles. The summed E-state index contributed by atoms with van der Waals surface area (Å²) in [6, 6.07) is 1.96. The van der Waals surface area contributed by atoms with E-state index in [0.717, 1.165) is 24.5 Å². The molecule has 0 spiro atoms. The molecule has 1 N–H and O–H groups in total. The van der Waals surface area contributed by atoms with Crippen LogP contribution in [0.1, 0.15) is 22.2 Å². The monoisotopic (exact) mass is 269 g/mol. The fraction of sp³-hybridized carbons (Fsp3) is 0.615. The van der Waals surface area contributed by atoms with E-state index in [4.69, 9.17) is 4.74 Å². The van der Waals surface area contributed by atoms with Crippen molar-refractivity contribution in [2.45, 2.75) is 13.5 Å². The van der Waals surface area contributed by atoms with Gasteiger partial charge in [0.25, 0.3) is 0 Å². The molecule has 1 atom stereocenters. The lowest BCUT2D eigenvalue weighted by atomic mass is 10.1. The summed E-state index contributed by atoms with van der Waals surface area (Å²) in [7, 11) is 0. The lowest BCUT2D eigenvalue weighted by molar-refractivity contribution is 0.0957. The average Bonchev–Trinajstić information content (AvgIpc) is 2.69. The van der Waals surface area contributed by atoms with Crippen LogP contribution >= 0.6 is 11.3 Å². The highest BCUT2D eigenvalue weighted by molar-refractivity contribution is 7.12. The zero-order valence-electron chi connectivity index (χ0n) is 10.6. The molecule has 1 fully saturated rings. The van der Waals surface area contributed by atoms with Gasteiger partial charge < -0.3 is 9.84 Å². The molecule has 0 radical (unpaired) electrons. The summed E-state index contributed by atoms with van der Waals surface area (Å²) in [4.78, 5) is 14.3. The number of rotatable bonds is 4. The van der Waals surface area contributed by atoms with Crippen molar-refractivity contribution in [2.24, 2.45) is 5.92 Å². The van der Waals surface area contributed by atoms with Crippen molar-refractivity contribution in [3.05, 3.63) is 21.9 Å². The van der Waals surface area contributed by atoms with Gasteiger partial charge in [-0.1, -0.05) is 0 Å². The molecule has 100 valence electrons. The molecular weight excluding hydrogens is 250 g/mol. The Hall–Kier alpha value is -0.750. The molecule has 0 aromatic carbocycles. The Morgan fingerprint density at radius 1 is 1.67 bits per heavy atom. The summed E-state index contributed by atoms with van der Waals surface area (Å²) < 4.78 is 5.46. The number of ketones is 1. The van der Waals surface area contributed by atoms with E-state index < -0.39 is 0 Å². The van der Waals surface area contributed by atoms with Crippen molar-refractivity contribution in [1.82, 2.24) is 4.90 Å². The fourth-order valence-corrected chi connectivity index (χ4v) is 2.91. The molecule has 5 heteroatoms. The van der Waals surface area contributed by atoms with E-state index in [1.807, 2.05) is 11.4 Å². The van der Waals surface area contributed by atoms with Crippen LogP contribution in [0.2, 0.25) is 0 Å². The van der Waals surface area contributed by atoms with Crippen molar-refractivity contribution in [3.8, 4) is 0 Å². The smallest absolute Gasteiger partial charge is 0.169 e. The first kappa shape index (κ1) is 13.7. The van der Waals surface area contributed by atoms with Gasteiger partial charge >= 0.3 is 0 Å². The van der Waals surface area contributed by atoms with Crippen LogP contribution in [0.3, 0.4) is 0 Å². The third-order valence-corrected chi connectivity index (χ3v) is 4.17. The van der Waals surface area contributed by atoms with E-state index in [-0.39, 0.29) is 18.3 Å². The Bertz CT molecular complexity index is 405. The molecule has 0 bridgehead atoms. The van der Waals surface area contributed by atoms with E-state index in [1.165, 1.54) is 16.9 Å². The first-order chi connectivity index (χ1) is 8.69. The van der Waals surface area contributed by atoms with Crippen molar-refractivity contribution in [3.63, 3.8) is 0 Å². The van der Waals surface area contributed by atoms with Crippen LogP contribution in [0.5, 0.6) is 0 Å². The summed E-state index contributed by atoms with van der Waals surface area (Å²) >= 11 is 1.50. The Labute approximate surface area is 111 Å². The summed E-state index contributed by atoms with van der Waals surface area (Å²) in [6.45, 7) is 5.65. The maximum Gasteiger partial charge on any atom is 0.169 e. The molecule has 1 aromatic rings. The zero-order chi connectivity index (χ0) is 13.0. The number of ether oxygens (including phenoxy) is 1. The quantitative estimate of drug-likeness (QED) is 0.839. The fourth-order valence-electron chi connectivity index (χ4n) is 2.11. The third-order valence-electron chi connectivity index (χ3n) is 3.09. The van der Waals surface area contributed by atoms with Gasteiger partial charge in [0, 0.05) is 32.2 Å². The summed E-state index contributed by atoms with van der Waals surface area (Å²) in [5.41, 5.74) is 1.17. The lowest BCUT2D eigenvalue weighted by Crippen LogP contribution is -2.30. The largest absolute Gasteiger partial charge is 0.396 e. The van der Waals surface area contributed by atoms with Crippen LogP contribution in [0, 0.1) is 5.92 Å². The van der Waals surface area contributed by atoms with Crippen molar-refractivity contribution < 1.29 is 14.6 Å². The number of thiophene rings is 1. The van der Waals surface area contributed by atoms with Gasteiger partial charge in [0.2, 0.25) is 0 Å². The van der Waals surface area contributed by atoms with Crippen molar-refractivity contribution in [2.75, 3.05) is 32.9 Å². The normalized spacial score (nSPS) is 21.8. The molecule has 1 unspecified atom stereocenters. The second-order valence-corrected chi connectivity index (χ2v) is 5.65. The number of carbonyl (C=O) groups is 1. The highest BCUT2D eigenvalue weighted by Gasteiger charge is 2.18. The number of Topliss-reactive ketones (excluding diaryl/α,β-unsaturated/α-hetero) is 1. The maximum absolute atomic E-state index is 11.2. The van der Waals surface area contributed by atoms with E-state index in [1.54, 1.807) is 6.92 Å². The van der Waals surface area contributed by atoms with Crippen LogP contribution in [-0.4, -0.2) is 48.7 Å². The number of hydrogen-bond donors (Lipinski definition) is 1. The Morgan fingerprint density at radius 2 is 2.50 bits per heavy atom. The van der Waals surface area contributed by atoms with Crippen molar-refractivity contribution in [1.29, 1.82) is 0 Å². The number of aliphatic hydroxyl groups is 1. The van der Waals surface area contributed by atoms with Gasteiger partial charge in [-0.15, -0.1) is 11.3 Å². The molecule has 2 heterocycles. The van der Waals surface area contributed by atoms with Crippen molar-refractivity contribution >= 4 is 17.1 Å².